The van der Waals surface area contributed by atoms with Crippen molar-refractivity contribution in [2.24, 2.45) is 5.73 Å². The summed E-state index contributed by atoms with van der Waals surface area (Å²) in [6.45, 7) is 4.92. The molecule has 0 saturated heterocycles. The quantitative estimate of drug-likeness (QED) is 0.879. The number of nitrogens with two attached hydrogens (primary N) is 1. The molecule has 1 heterocycles. The second-order valence-corrected chi connectivity index (χ2v) is 6.14. The van der Waals surface area contributed by atoms with Crippen molar-refractivity contribution in [1.82, 2.24) is 4.98 Å². The summed E-state index contributed by atoms with van der Waals surface area (Å²) in [4.78, 5) is 8.06. The van der Waals surface area contributed by atoms with Gasteiger partial charge in [-0.25, -0.2) is 4.98 Å². The van der Waals surface area contributed by atoms with Crippen LogP contribution < -0.4 is 15.4 Å². The van der Waals surface area contributed by atoms with Crippen molar-refractivity contribution in [3.63, 3.8) is 0 Å². The molecule has 0 aliphatic carbocycles. The molecule has 0 spiro atoms. The fraction of sp³-hybridized carbons (Fsp3) is 0.438. The van der Waals surface area contributed by atoms with Gasteiger partial charge < -0.3 is 15.4 Å². The first-order valence-corrected chi connectivity index (χ1v) is 7.99. The largest absolute Gasteiger partial charge is 0.497 e. The van der Waals surface area contributed by atoms with Crippen LogP contribution in [0.3, 0.4) is 0 Å². The summed E-state index contributed by atoms with van der Waals surface area (Å²) in [7, 11) is 3.70. The highest BCUT2D eigenvalue weighted by Crippen LogP contribution is 2.35. The molecule has 0 amide bonds. The first-order chi connectivity index (χ1) is 10.1. The van der Waals surface area contributed by atoms with Crippen molar-refractivity contribution < 1.29 is 4.74 Å². The number of benzene rings is 1. The summed E-state index contributed by atoms with van der Waals surface area (Å²) < 4.78 is 5.28. The van der Waals surface area contributed by atoms with E-state index in [0.29, 0.717) is 12.5 Å². The molecule has 21 heavy (non-hydrogen) atoms. The number of hydrogen-bond acceptors (Lipinski definition) is 5. The Morgan fingerprint density at radius 3 is 2.81 bits per heavy atom. The summed E-state index contributed by atoms with van der Waals surface area (Å²) >= 11 is 1.67. The Morgan fingerprint density at radius 2 is 2.19 bits per heavy atom. The van der Waals surface area contributed by atoms with Crippen LogP contribution in [0.4, 0.5) is 10.8 Å². The SMILES string of the molecule is CCC(C)c1nc(N(C)c2cccc(OC)c2)sc1CN. The van der Waals surface area contributed by atoms with E-state index in [1.807, 2.05) is 25.2 Å². The molecule has 114 valence electrons. The maximum atomic E-state index is 5.87. The van der Waals surface area contributed by atoms with Crippen LogP contribution in [0.15, 0.2) is 24.3 Å². The molecule has 0 radical (unpaired) electrons. The van der Waals surface area contributed by atoms with Crippen molar-refractivity contribution in [2.45, 2.75) is 32.7 Å². The van der Waals surface area contributed by atoms with Gasteiger partial charge in [-0.05, 0) is 24.5 Å². The van der Waals surface area contributed by atoms with Crippen LogP contribution in [0.2, 0.25) is 0 Å². The van der Waals surface area contributed by atoms with Crippen LogP contribution in [0.5, 0.6) is 5.75 Å². The predicted molar refractivity (Wildman–Crippen MR) is 89.8 cm³/mol. The summed E-state index contributed by atoms with van der Waals surface area (Å²) in [5.41, 5.74) is 8.06. The van der Waals surface area contributed by atoms with E-state index in [2.05, 4.69) is 24.8 Å². The molecule has 4 nitrogen and oxygen atoms in total. The van der Waals surface area contributed by atoms with Gasteiger partial charge in [-0.2, -0.15) is 0 Å². The van der Waals surface area contributed by atoms with Gasteiger partial charge in [-0.1, -0.05) is 31.3 Å². The van der Waals surface area contributed by atoms with Crippen LogP contribution in [0.25, 0.3) is 0 Å². The van der Waals surface area contributed by atoms with E-state index >= 15 is 0 Å². The maximum absolute atomic E-state index is 5.87. The molecule has 0 saturated carbocycles. The van der Waals surface area contributed by atoms with Gasteiger partial charge in [0.05, 0.1) is 12.8 Å². The Labute approximate surface area is 130 Å². The van der Waals surface area contributed by atoms with E-state index < -0.39 is 0 Å². The van der Waals surface area contributed by atoms with Gasteiger partial charge in [-0.3, -0.25) is 0 Å². The lowest BCUT2D eigenvalue weighted by atomic mass is 10.0. The molecule has 0 aliphatic rings. The fourth-order valence-electron chi connectivity index (χ4n) is 2.15. The molecule has 1 unspecified atom stereocenters. The summed E-state index contributed by atoms with van der Waals surface area (Å²) in [5.74, 6) is 1.28. The number of hydrogen-bond donors (Lipinski definition) is 1. The minimum atomic E-state index is 0.437. The number of rotatable bonds is 6. The van der Waals surface area contributed by atoms with Crippen molar-refractivity contribution in [2.75, 3.05) is 19.1 Å². The Balaban J connectivity index is 2.34. The van der Waals surface area contributed by atoms with Crippen molar-refractivity contribution in [1.29, 1.82) is 0 Å². The average molecular weight is 305 g/mol. The van der Waals surface area contributed by atoms with E-state index in [4.69, 9.17) is 15.5 Å². The molecule has 0 fully saturated rings. The predicted octanol–water partition coefficient (Wildman–Crippen LogP) is 3.89. The monoisotopic (exact) mass is 305 g/mol. The van der Waals surface area contributed by atoms with E-state index in [9.17, 15) is 0 Å². The molecular weight excluding hydrogens is 282 g/mol. The summed E-state index contributed by atoms with van der Waals surface area (Å²) in [6.07, 6.45) is 1.07. The highest BCUT2D eigenvalue weighted by atomic mass is 32.1. The lowest BCUT2D eigenvalue weighted by Gasteiger charge is -2.16. The van der Waals surface area contributed by atoms with Crippen LogP contribution in [0, 0.1) is 0 Å². The molecular formula is C16H23N3OS. The minimum Gasteiger partial charge on any atom is -0.497 e. The van der Waals surface area contributed by atoms with Crippen molar-refractivity contribution in [3.05, 3.63) is 34.8 Å². The van der Waals surface area contributed by atoms with Crippen LogP contribution in [0.1, 0.15) is 36.8 Å². The van der Waals surface area contributed by atoms with E-state index in [1.165, 1.54) is 4.88 Å². The Hall–Kier alpha value is -1.59. The topological polar surface area (TPSA) is 51.4 Å². The fourth-order valence-corrected chi connectivity index (χ4v) is 3.19. The number of nitrogens with zero attached hydrogens (tertiary/aromatic N) is 2. The zero-order chi connectivity index (χ0) is 15.4. The summed E-state index contributed by atoms with van der Waals surface area (Å²) in [5, 5.41) is 0.971. The first kappa shape index (κ1) is 15.8. The Bertz CT molecular complexity index is 597. The highest BCUT2D eigenvalue weighted by molar-refractivity contribution is 7.15. The van der Waals surface area contributed by atoms with Crippen LogP contribution in [-0.2, 0) is 6.54 Å². The molecule has 2 aromatic rings. The molecule has 2 rings (SSSR count). The highest BCUT2D eigenvalue weighted by Gasteiger charge is 2.18. The molecule has 2 N–H and O–H groups in total. The van der Waals surface area contributed by atoms with E-state index in [-0.39, 0.29) is 0 Å². The Kier molecular flexibility index (Phi) is 5.20. The number of aromatic nitrogens is 1. The smallest absolute Gasteiger partial charge is 0.190 e. The van der Waals surface area contributed by atoms with Gasteiger partial charge in [0.2, 0.25) is 0 Å². The van der Waals surface area contributed by atoms with Crippen molar-refractivity contribution in [3.8, 4) is 5.75 Å². The third kappa shape index (κ3) is 3.36. The van der Waals surface area contributed by atoms with Gasteiger partial charge in [0, 0.05) is 30.2 Å². The molecule has 0 aliphatic heterocycles. The summed E-state index contributed by atoms with van der Waals surface area (Å²) in [6, 6.07) is 7.98. The van der Waals surface area contributed by atoms with Crippen LogP contribution in [-0.4, -0.2) is 19.1 Å². The molecule has 0 bridgehead atoms. The maximum Gasteiger partial charge on any atom is 0.190 e. The second-order valence-electron chi connectivity index (χ2n) is 5.08. The molecule has 1 atom stereocenters. The number of methoxy groups -OCH3 is 1. The van der Waals surface area contributed by atoms with Gasteiger partial charge in [0.25, 0.3) is 0 Å². The zero-order valence-electron chi connectivity index (χ0n) is 13.1. The van der Waals surface area contributed by atoms with E-state index in [1.54, 1.807) is 18.4 Å². The molecule has 5 heteroatoms. The third-order valence-corrected chi connectivity index (χ3v) is 4.88. The standard InChI is InChI=1S/C16H23N3OS/c1-5-11(2)15-14(10-17)21-16(18-15)19(3)12-7-6-8-13(9-12)20-4/h6-9,11H,5,10,17H2,1-4H3. The normalized spacial score (nSPS) is 12.2. The number of ether oxygens (including phenoxy) is 1. The van der Waals surface area contributed by atoms with Gasteiger partial charge in [0.15, 0.2) is 5.13 Å². The number of anilines is 2. The third-order valence-electron chi connectivity index (χ3n) is 3.71. The second kappa shape index (κ2) is 6.91. The average Bonchev–Trinajstić information content (AvgIpc) is 2.97. The van der Waals surface area contributed by atoms with Gasteiger partial charge >= 0.3 is 0 Å². The molecule has 1 aromatic heterocycles. The Morgan fingerprint density at radius 1 is 1.43 bits per heavy atom. The lowest BCUT2D eigenvalue weighted by molar-refractivity contribution is 0.415. The minimum absolute atomic E-state index is 0.437. The van der Waals surface area contributed by atoms with Gasteiger partial charge in [-0.15, -0.1) is 0 Å². The zero-order valence-corrected chi connectivity index (χ0v) is 13.9. The number of thiazole rings is 1. The lowest BCUT2D eigenvalue weighted by Crippen LogP contribution is -2.09. The van der Waals surface area contributed by atoms with Crippen LogP contribution >= 0.6 is 11.3 Å². The van der Waals surface area contributed by atoms with Gasteiger partial charge in [0.1, 0.15) is 5.75 Å². The van der Waals surface area contributed by atoms with Crippen molar-refractivity contribution >= 4 is 22.2 Å². The first-order valence-electron chi connectivity index (χ1n) is 7.18. The van der Waals surface area contributed by atoms with E-state index in [0.717, 1.165) is 28.7 Å². The molecule has 1 aromatic carbocycles.